The quantitative estimate of drug-likeness (QED) is 0.154. The lowest BCUT2D eigenvalue weighted by Crippen LogP contribution is -2.90. The van der Waals surface area contributed by atoms with Crippen LogP contribution in [0.3, 0.4) is 0 Å². The largest absolute Gasteiger partial charge is 0.370 e. The van der Waals surface area contributed by atoms with Gasteiger partial charge < -0.3 is 21.3 Å². The van der Waals surface area contributed by atoms with E-state index in [1.807, 2.05) is 19.9 Å². The molecule has 0 radical (unpaired) electrons. The Morgan fingerprint density at radius 2 is 1.97 bits per heavy atom. The second kappa shape index (κ2) is 8.17. The topological polar surface area (TPSA) is 201 Å². The molecular formula is C23H31N8O5+. The first kappa shape index (κ1) is 24.0. The summed E-state index contributed by atoms with van der Waals surface area (Å²) in [7, 11) is 0. The number of hydrogen-bond donors (Lipinski definition) is 7. The molecule has 13 heteroatoms. The van der Waals surface area contributed by atoms with Gasteiger partial charge in [0.15, 0.2) is 12.0 Å². The fourth-order valence-electron chi connectivity index (χ4n) is 5.95. The summed E-state index contributed by atoms with van der Waals surface area (Å²) >= 11 is 0. The number of hydrogen-bond acceptors (Lipinski definition) is 10. The molecule has 4 aliphatic heterocycles. The van der Waals surface area contributed by atoms with Crippen LogP contribution in [0.25, 0.3) is 0 Å². The second-order valence-electron chi connectivity index (χ2n) is 9.70. The van der Waals surface area contributed by atoms with Gasteiger partial charge in [0.25, 0.3) is 11.6 Å². The Morgan fingerprint density at radius 1 is 1.28 bits per heavy atom. The summed E-state index contributed by atoms with van der Waals surface area (Å²) in [6.45, 7) is 3.68. The highest BCUT2D eigenvalue weighted by molar-refractivity contribution is 6.02. The molecule has 2 saturated heterocycles. The highest BCUT2D eigenvalue weighted by atomic mass is 16.5. The molecule has 192 valence electrons. The van der Waals surface area contributed by atoms with E-state index in [4.69, 9.17) is 11.5 Å². The molecule has 9 N–H and O–H groups in total. The molecule has 1 aromatic rings. The third-order valence-electron chi connectivity index (χ3n) is 7.72. The molecule has 4 atom stereocenters. The normalized spacial score (nSPS) is 30.5. The zero-order valence-electron chi connectivity index (χ0n) is 20.1. The van der Waals surface area contributed by atoms with Gasteiger partial charge in [-0.1, -0.05) is 19.1 Å². The summed E-state index contributed by atoms with van der Waals surface area (Å²) < 4.78 is 0. The summed E-state index contributed by atoms with van der Waals surface area (Å²) in [6.07, 6.45) is 0.862. The van der Waals surface area contributed by atoms with Crippen LogP contribution >= 0.6 is 0 Å². The average Bonchev–Trinajstić information content (AvgIpc) is 3.41. The number of benzene rings is 1. The fraction of sp³-hybridized carbons (Fsp3) is 0.522. The van der Waals surface area contributed by atoms with E-state index in [2.05, 4.69) is 20.6 Å². The van der Waals surface area contributed by atoms with Crippen LogP contribution in [0.1, 0.15) is 41.3 Å². The Bertz CT molecular complexity index is 1200. The van der Waals surface area contributed by atoms with Crippen LogP contribution in [0, 0.1) is 6.92 Å². The van der Waals surface area contributed by atoms with E-state index >= 15 is 0 Å². The van der Waals surface area contributed by atoms with Gasteiger partial charge >= 0.3 is 5.96 Å². The zero-order valence-corrected chi connectivity index (χ0v) is 20.1. The van der Waals surface area contributed by atoms with E-state index in [0.717, 1.165) is 16.0 Å². The van der Waals surface area contributed by atoms with Gasteiger partial charge in [0.1, 0.15) is 12.1 Å². The molecule has 1 unspecified atom stereocenters. The van der Waals surface area contributed by atoms with Crippen molar-refractivity contribution in [1.29, 1.82) is 0 Å². The molecule has 1 aromatic carbocycles. The number of imide groups is 1. The van der Waals surface area contributed by atoms with Gasteiger partial charge in [-0.3, -0.25) is 34.9 Å². The summed E-state index contributed by atoms with van der Waals surface area (Å²) in [6, 6.07) is 2.50. The van der Waals surface area contributed by atoms with Crippen LogP contribution in [-0.4, -0.2) is 92.3 Å². The number of carbonyl (C=O) groups is 3. The Labute approximate surface area is 207 Å². The summed E-state index contributed by atoms with van der Waals surface area (Å²) in [5.41, 5.74) is 12.9. The van der Waals surface area contributed by atoms with E-state index < -0.39 is 35.5 Å². The second-order valence-corrected chi connectivity index (χ2v) is 9.70. The molecule has 5 rings (SSSR count). The first-order valence-electron chi connectivity index (χ1n) is 12.0. The van der Waals surface area contributed by atoms with Gasteiger partial charge in [0, 0.05) is 18.4 Å². The minimum atomic E-state index is -2.57. The van der Waals surface area contributed by atoms with Crippen LogP contribution in [0.15, 0.2) is 23.2 Å². The van der Waals surface area contributed by atoms with Crippen molar-refractivity contribution < 1.29 is 29.6 Å². The number of amides is 3. The predicted octanol–water partition coefficient (Wildman–Crippen LogP) is -4.44. The van der Waals surface area contributed by atoms with Crippen LogP contribution in [-0.2, 0) is 16.0 Å². The Hall–Kier alpha value is -3.71. The average molecular weight is 500 g/mol. The van der Waals surface area contributed by atoms with Crippen molar-refractivity contribution in [3.8, 4) is 0 Å². The van der Waals surface area contributed by atoms with Crippen molar-refractivity contribution >= 4 is 29.6 Å². The predicted molar refractivity (Wildman–Crippen MR) is 127 cm³/mol. The van der Waals surface area contributed by atoms with Crippen molar-refractivity contribution in [3.05, 3.63) is 34.9 Å². The molecule has 36 heavy (non-hydrogen) atoms. The number of aliphatic hydroxyl groups is 2. The maximum Gasteiger partial charge on any atom is 0.343 e. The van der Waals surface area contributed by atoms with Gasteiger partial charge in [0.2, 0.25) is 17.6 Å². The third kappa shape index (κ3) is 3.26. The standard InChI is InChI=1S/C23H30N8O5/c1-3-12-11(2)5-4-6-13(12)19(34)27-15-10-31-21(25)26-14(9-30-16(32)7-8-17(30)33)18-22(31,23(15,35)36)29-20(24)28-18/h4-6,14-15,18,35-36H,3,7-10H2,1-2H3,(H2,25,26)(H,27,34)(H3,24,28,29)/p+1/t14-,15?,18-,22-/m0/s1. The molecule has 4 heterocycles. The van der Waals surface area contributed by atoms with Crippen LogP contribution in [0.4, 0.5) is 0 Å². The van der Waals surface area contributed by atoms with Crippen molar-refractivity contribution in [2.45, 2.75) is 62.7 Å². The Balaban J connectivity index is 1.47. The minimum absolute atomic E-state index is 0.0339. The van der Waals surface area contributed by atoms with Gasteiger partial charge in [-0.15, -0.1) is 0 Å². The maximum absolute atomic E-state index is 13.3. The van der Waals surface area contributed by atoms with E-state index in [1.165, 1.54) is 4.90 Å². The number of guanidine groups is 2. The van der Waals surface area contributed by atoms with Gasteiger partial charge in [-0.25, -0.2) is 10.3 Å². The summed E-state index contributed by atoms with van der Waals surface area (Å²) in [5, 5.41) is 28.8. The molecule has 0 bridgehead atoms. The molecule has 3 amide bonds. The van der Waals surface area contributed by atoms with Gasteiger partial charge in [-0.05, 0) is 30.5 Å². The van der Waals surface area contributed by atoms with Crippen LogP contribution < -0.4 is 27.1 Å². The Morgan fingerprint density at radius 3 is 2.64 bits per heavy atom. The van der Waals surface area contributed by atoms with Crippen LogP contribution in [0.2, 0.25) is 0 Å². The number of aliphatic imine (C=N–C) groups is 1. The number of nitrogens with two attached hydrogens (primary N) is 2. The first-order chi connectivity index (χ1) is 17.0. The number of nitrogens with one attached hydrogen (secondary N) is 3. The monoisotopic (exact) mass is 499 g/mol. The number of carbonyl (C=O) groups excluding carboxylic acids is 3. The maximum atomic E-state index is 13.3. The van der Waals surface area contributed by atoms with Crippen molar-refractivity contribution in [3.63, 3.8) is 0 Å². The lowest BCUT2D eigenvalue weighted by atomic mass is 9.84. The first-order valence-corrected chi connectivity index (χ1v) is 12.0. The Kier molecular flexibility index (Phi) is 5.45. The third-order valence-corrected chi connectivity index (χ3v) is 7.72. The molecule has 1 spiro atoms. The lowest BCUT2D eigenvalue weighted by Gasteiger charge is -2.46. The minimum Gasteiger partial charge on any atom is -0.370 e. The van der Waals surface area contributed by atoms with E-state index in [1.54, 1.807) is 12.1 Å². The van der Waals surface area contributed by atoms with Crippen molar-refractivity contribution in [1.82, 2.24) is 20.4 Å². The summed E-state index contributed by atoms with van der Waals surface area (Å²) in [4.78, 5) is 47.8. The molecular weight excluding hydrogens is 468 g/mol. The van der Waals surface area contributed by atoms with Gasteiger partial charge in [-0.2, -0.15) is 0 Å². The number of likely N-dealkylation sites (tertiary alicyclic amines) is 1. The van der Waals surface area contributed by atoms with Crippen molar-refractivity contribution in [2.24, 2.45) is 16.5 Å². The molecule has 0 aliphatic carbocycles. The molecule has 2 fully saturated rings. The highest BCUT2D eigenvalue weighted by Gasteiger charge is 2.76. The molecule has 4 aliphatic rings. The summed E-state index contributed by atoms with van der Waals surface area (Å²) in [5.74, 6) is -3.67. The van der Waals surface area contributed by atoms with E-state index in [0.29, 0.717) is 12.0 Å². The molecule has 13 nitrogen and oxygen atoms in total. The number of rotatable bonds is 5. The van der Waals surface area contributed by atoms with Gasteiger partial charge in [0.05, 0.1) is 13.1 Å². The molecule has 0 saturated carbocycles. The lowest BCUT2D eigenvalue weighted by molar-refractivity contribution is -0.521. The number of aryl methyl sites for hydroxylation is 1. The zero-order chi connectivity index (χ0) is 26.0. The van der Waals surface area contributed by atoms with Crippen LogP contribution in [0.5, 0.6) is 0 Å². The van der Waals surface area contributed by atoms with E-state index in [-0.39, 0.29) is 49.7 Å². The van der Waals surface area contributed by atoms with Crippen molar-refractivity contribution in [2.75, 3.05) is 13.1 Å². The fourth-order valence-corrected chi connectivity index (χ4v) is 5.95. The highest BCUT2D eigenvalue weighted by Crippen LogP contribution is 2.41. The van der Waals surface area contributed by atoms with E-state index in [9.17, 15) is 24.6 Å². The number of nitrogens with zero attached hydrogens (tertiary/aromatic N) is 3. The SMILES string of the molecule is CCc1c(C)cccc1C(=O)NC1CN2C(N)=N[C@@H](CN3C(=O)CCC3=O)[C@@H]3[NH+]=C(N)N[C@@]32C1(O)O. The smallest absolute Gasteiger partial charge is 0.343 e. The molecule has 0 aromatic heterocycles.